The fraction of sp³-hybridized carbons (Fsp3) is 0.500. The summed E-state index contributed by atoms with van der Waals surface area (Å²) in [6.45, 7) is 1.85. The van der Waals surface area contributed by atoms with E-state index in [0.29, 0.717) is 11.7 Å². The van der Waals surface area contributed by atoms with Gasteiger partial charge in [0.15, 0.2) is 0 Å². The molecule has 91 valence electrons. The van der Waals surface area contributed by atoms with Crippen molar-refractivity contribution in [2.75, 3.05) is 18.0 Å². The molecule has 1 aliphatic rings. The quantitative estimate of drug-likeness (QED) is 0.369. The first-order chi connectivity index (χ1) is 7.84. The van der Waals surface area contributed by atoms with Crippen LogP contribution in [-0.2, 0) is 20.4 Å². The van der Waals surface area contributed by atoms with Crippen molar-refractivity contribution in [1.29, 1.82) is 0 Å². The van der Waals surface area contributed by atoms with Crippen LogP contribution >= 0.6 is 0 Å². The predicted octanol–water partition coefficient (Wildman–Crippen LogP) is -3.29. The van der Waals surface area contributed by atoms with Crippen LogP contribution in [0.25, 0.3) is 11.0 Å². The molecule has 0 bridgehead atoms. The maximum absolute atomic E-state index is 5.88. The van der Waals surface area contributed by atoms with E-state index in [4.69, 9.17) is 5.73 Å². The molecule has 2 aromatic rings. The molecule has 0 atom stereocenters. The molecule has 2 aromatic heterocycles. The van der Waals surface area contributed by atoms with Crippen molar-refractivity contribution in [2.24, 2.45) is 5.73 Å². The molecule has 1 aliphatic heterocycles. The molecule has 18 heavy (non-hydrogen) atoms. The van der Waals surface area contributed by atoms with Crippen LogP contribution in [0.2, 0.25) is 0 Å². The van der Waals surface area contributed by atoms with E-state index in [1.165, 1.54) is 0 Å². The number of aromatic nitrogens is 4. The summed E-state index contributed by atoms with van der Waals surface area (Å²) < 4.78 is 0. The second kappa shape index (κ2) is 7.41. The third-order valence-electron chi connectivity index (χ3n) is 2.97. The molecular formula is C10H12KN6Re-. The summed E-state index contributed by atoms with van der Waals surface area (Å²) in [6, 6.07) is 0.313. The SMILES string of the molecule is NC1CCN(c2n[c-]nc3[n-]ncc23)CC1.[K+].[Re]. The molecule has 0 aromatic carbocycles. The Kier molecular flexibility index (Phi) is 6.86. The van der Waals surface area contributed by atoms with Crippen molar-refractivity contribution in [3.05, 3.63) is 12.5 Å². The zero-order valence-corrected chi connectivity index (χ0v) is 16.0. The van der Waals surface area contributed by atoms with Gasteiger partial charge in [0.1, 0.15) is 0 Å². The molecule has 8 heteroatoms. The minimum Gasteiger partial charge on any atom is -0.553 e. The second-order valence-corrected chi connectivity index (χ2v) is 4.05. The van der Waals surface area contributed by atoms with Gasteiger partial charge in [-0.15, -0.1) is 12.0 Å². The number of rotatable bonds is 1. The Hall–Kier alpha value is 0.609. The molecule has 3 rings (SSSR count). The van der Waals surface area contributed by atoms with E-state index in [1.807, 2.05) is 0 Å². The molecule has 0 amide bonds. The molecular weight excluding hydrogens is 429 g/mol. The van der Waals surface area contributed by atoms with Crippen LogP contribution < -0.4 is 67.1 Å². The number of anilines is 1. The van der Waals surface area contributed by atoms with Gasteiger partial charge in [0.25, 0.3) is 0 Å². The van der Waals surface area contributed by atoms with E-state index >= 15 is 0 Å². The number of nitrogens with zero attached hydrogens (tertiary/aromatic N) is 5. The van der Waals surface area contributed by atoms with Crippen LogP contribution in [-0.4, -0.2) is 34.2 Å². The van der Waals surface area contributed by atoms with Crippen LogP contribution in [0.5, 0.6) is 0 Å². The van der Waals surface area contributed by atoms with Gasteiger partial charge in [-0.2, -0.15) is 0 Å². The maximum Gasteiger partial charge on any atom is 1.00 e. The summed E-state index contributed by atoms with van der Waals surface area (Å²) in [4.78, 5) is 10.3. The van der Waals surface area contributed by atoms with Crippen molar-refractivity contribution in [3.8, 4) is 0 Å². The van der Waals surface area contributed by atoms with Gasteiger partial charge in [-0.3, -0.25) is 5.10 Å². The Morgan fingerprint density at radius 2 is 2.06 bits per heavy atom. The number of fused-ring (bicyclic) bond motifs is 1. The number of nitrogens with two attached hydrogens (primary N) is 1. The summed E-state index contributed by atoms with van der Waals surface area (Å²) in [5.41, 5.74) is 6.49. The van der Waals surface area contributed by atoms with Gasteiger partial charge in [0.2, 0.25) is 0 Å². The van der Waals surface area contributed by atoms with E-state index in [9.17, 15) is 0 Å². The summed E-state index contributed by atoms with van der Waals surface area (Å²) in [7, 11) is 0. The smallest absolute Gasteiger partial charge is 0.553 e. The molecule has 2 N–H and O–H groups in total. The Balaban J connectivity index is 0.000000810. The Morgan fingerprint density at radius 1 is 1.33 bits per heavy atom. The zero-order chi connectivity index (χ0) is 11.0. The first-order valence-electron chi connectivity index (χ1n) is 5.37. The zero-order valence-electron chi connectivity index (χ0n) is 10.2. The molecule has 1 radical (unpaired) electrons. The average molecular weight is 442 g/mol. The van der Waals surface area contributed by atoms with Crippen molar-refractivity contribution in [3.63, 3.8) is 0 Å². The molecule has 0 spiro atoms. The summed E-state index contributed by atoms with van der Waals surface area (Å²) in [5, 5.41) is 8.65. The largest absolute Gasteiger partial charge is 1.00 e. The normalized spacial score (nSPS) is 16.2. The summed E-state index contributed by atoms with van der Waals surface area (Å²) >= 11 is 0. The molecule has 3 heterocycles. The van der Waals surface area contributed by atoms with E-state index < -0.39 is 0 Å². The maximum atomic E-state index is 5.88. The van der Waals surface area contributed by atoms with Crippen molar-refractivity contribution in [2.45, 2.75) is 18.9 Å². The van der Waals surface area contributed by atoms with Crippen LogP contribution in [0.3, 0.4) is 0 Å². The van der Waals surface area contributed by atoms with Gasteiger partial charge in [-0.05, 0) is 12.8 Å². The van der Waals surface area contributed by atoms with Crippen LogP contribution in [0.1, 0.15) is 12.8 Å². The number of hydrogen-bond acceptors (Lipinski definition) is 5. The average Bonchev–Trinajstić information content (AvgIpc) is 2.78. The van der Waals surface area contributed by atoms with Gasteiger partial charge in [-0.25, -0.2) is 0 Å². The van der Waals surface area contributed by atoms with Crippen LogP contribution in [0.15, 0.2) is 6.20 Å². The molecule has 1 fully saturated rings. The third kappa shape index (κ3) is 3.38. The minimum atomic E-state index is 0. The third-order valence-corrected chi connectivity index (χ3v) is 2.97. The Bertz CT molecular complexity index is 496. The first-order valence-corrected chi connectivity index (χ1v) is 5.37. The van der Waals surface area contributed by atoms with Gasteiger partial charge < -0.3 is 25.7 Å². The van der Waals surface area contributed by atoms with E-state index in [0.717, 1.165) is 37.1 Å². The molecule has 0 saturated carbocycles. The van der Waals surface area contributed by atoms with E-state index in [1.54, 1.807) is 6.20 Å². The van der Waals surface area contributed by atoms with Crippen LogP contribution in [0, 0.1) is 6.33 Å². The standard InChI is InChI=1S/C10H12N6.K.Re/c11-7-1-3-16(4-2-7)10-8-5-14-15-9(8)12-6-13-10;;/h5,7H,1-4,11H2;;/q-2;+1;. The Labute approximate surface area is 162 Å². The number of piperidine rings is 1. The minimum absolute atomic E-state index is 0. The van der Waals surface area contributed by atoms with Crippen LogP contribution in [0.4, 0.5) is 5.82 Å². The topological polar surface area (TPSA) is 82.0 Å². The van der Waals surface area contributed by atoms with Gasteiger partial charge in [0.05, 0.1) is 0 Å². The molecule has 6 nitrogen and oxygen atoms in total. The van der Waals surface area contributed by atoms with Crippen molar-refractivity contribution in [1.82, 2.24) is 20.2 Å². The van der Waals surface area contributed by atoms with Crippen molar-refractivity contribution >= 4 is 16.9 Å². The summed E-state index contributed by atoms with van der Waals surface area (Å²) in [6.07, 6.45) is 6.31. The number of hydrogen-bond donors (Lipinski definition) is 1. The predicted molar refractivity (Wildman–Crippen MR) is 58.9 cm³/mol. The van der Waals surface area contributed by atoms with Gasteiger partial charge in [-0.1, -0.05) is 5.39 Å². The first kappa shape index (κ1) is 16.7. The van der Waals surface area contributed by atoms with Gasteiger partial charge >= 0.3 is 51.4 Å². The summed E-state index contributed by atoms with van der Waals surface area (Å²) in [5.74, 6) is 0.877. The van der Waals surface area contributed by atoms with E-state index in [-0.39, 0.29) is 71.8 Å². The monoisotopic (exact) mass is 442 g/mol. The Morgan fingerprint density at radius 3 is 2.78 bits per heavy atom. The molecule has 0 aliphatic carbocycles. The fourth-order valence-electron chi connectivity index (χ4n) is 2.03. The molecule has 0 unspecified atom stereocenters. The second-order valence-electron chi connectivity index (χ2n) is 4.05. The van der Waals surface area contributed by atoms with E-state index in [2.05, 4.69) is 31.4 Å². The van der Waals surface area contributed by atoms with Gasteiger partial charge in [0, 0.05) is 51.6 Å². The molecule has 1 saturated heterocycles. The van der Waals surface area contributed by atoms with Crippen molar-refractivity contribution < 1.29 is 71.8 Å². The fourth-order valence-corrected chi connectivity index (χ4v) is 2.03.